The molecule has 2 aromatic carbocycles. The van der Waals surface area contributed by atoms with Gasteiger partial charge in [-0.15, -0.1) is 0 Å². The van der Waals surface area contributed by atoms with Crippen LogP contribution in [0.1, 0.15) is 19.4 Å². The molecule has 0 aromatic heterocycles. The van der Waals surface area contributed by atoms with E-state index in [2.05, 4.69) is 10.0 Å². The average Bonchev–Trinajstić information content (AvgIpc) is 2.61. The third-order valence-corrected chi connectivity index (χ3v) is 5.95. The van der Waals surface area contributed by atoms with Gasteiger partial charge < -0.3 is 5.32 Å². The third kappa shape index (κ3) is 6.50. The number of carbonyl (C=O) groups excluding carboxylic acids is 1. The molecule has 1 amide bonds. The Balaban J connectivity index is 2.29. The summed E-state index contributed by atoms with van der Waals surface area (Å²) in [6.45, 7) is 4.37. The lowest BCUT2D eigenvalue weighted by molar-refractivity contribution is -0.122. The fourth-order valence-electron chi connectivity index (χ4n) is 2.40. The normalized spacial score (nSPS) is 12.8. The van der Waals surface area contributed by atoms with Crippen LogP contribution in [0.15, 0.2) is 53.4 Å². The smallest absolute Gasteiger partial charge is 0.242 e. The van der Waals surface area contributed by atoms with Crippen LogP contribution in [0.3, 0.4) is 0 Å². The molecule has 0 bridgehead atoms. The maximum atomic E-state index is 12.8. The second-order valence-corrected chi connectivity index (χ2v) is 9.10. The molecule has 0 radical (unpaired) electrons. The van der Waals surface area contributed by atoms with E-state index in [1.807, 2.05) is 44.2 Å². The van der Waals surface area contributed by atoms with Gasteiger partial charge in [0, 0.05) is 11.6 Å². The fourth-order valence-corrected chi connectivity index (χ4v) is 4.36. The van der Waals surface area contributed by atoms with Crippen LogP contribution in [0.2, 0.25) is 10.0 Å². The molecule has 1 atom stereocenters. The number of nitrogens with one attached hydrogen (secondary N) is 2. The third-order valence-electron chi connectivity index (χ3n) is 3.76. The first kappa shape index (κ1) is 21.7. The van der Waals surface area contributed by atoms with Gasteiger partial charge >= 0.3 is 0 Å². The van der Waals surface area contributed by atoms with Gasteiger partial charge in [0.05, 0.1) is 5.02 Å². The standard InChI is InChI=1S/C19H22Cl2N2O3S/c1-13(2)12-22-19(24)17(10-14-6-4-3-5-7-14)23-27(25,26)18-11-15(20)8-9-16(18)21/h3-9,11,13,17,23H,10,12H2,1-2H3,(H,22,24)/t17-/m1/s1. The first-order valence-corrected chi connectivity index (χ1v) is 10.7. The van der Waals surface area contributed by atoms with Gasteiger partial charge in [0.25, 0.3) is 0 Å². The fraction of sp³-hybridized carbons (Fsp3) is 0.316. The first-order valence-electron chi connectivity index (χ1n) is 8.48. The Morgan fingerprint density at radius 3 is 2.37 bits per heavy atom. The molecule has 27 heavy (non-hydrogen) atoms. The monoisotopic (exact) mass is 428 g/mol. The van der Waals surface area contributed by atoms with E-state index in [9.17, 15) is 13.2 Å². The Morgan fingerprint density at radius 2 is 1.74 bits per heavy atom. The molecule has 2 aromatic rings. The molecule has 0 aliphatic rings. The summed E-state index contributed by atoms with van der Waals surface area (Å²) in [7, 11) is -4.04. The average molecular weight is 429 g/mol. The molecule has 0 saturated carbocycles. The van der Waals surface area contributed by atoms with Crippen molar-refractivity contribution in [2.24, 2.45) is 5.92 Å². The van der Waals surface area contributed by atoms with Gasteiger partial charge in [0.15, 0.2) is 0 Å². The molecule has 0 aliphatic carbocycles. The number of sulfonamides is 1. The second-order valence-electron chi connectivity index (χ2n) is 6.58. The molecule has 0 unspecified atom stereocenters. The Hall–Kier alpha value is -1.60. The molecule has 0 heterocycles. The van der Waals surface area contributed by atoms with Crippen LogP contribution in [0, 0.1) is 5.92 Å². The van der Waals surface area contributed by atoms with Gasteiger partial charge in [-0.25, -0.2) is 8.42 Å². The lowest BCUT2D eigenvalue weighted by atomic mass is 10.1. The maximum Gasteiger partial charge on any atom is 0.242 e. The lowest BCUT2D eigenvalue weighted by Gasteiger charge is -2.20. The predicted molar refractivity (Wildman–Crippen MR) is 109 cm³/mol. The lowest BCUT2D eigenvalue weighted by Crippen LogP contribution is -2.48. The molecule has 2 N–H and O–H groups in total. The highest BCUT2D eigenvalue weighted by Gasteiger charge is 2.27. The van der Waals surface area contributed by atoms with Crippen molar-refractivity contribution in [1.29, 1.82) is 0 Å². The molecule has 2 rings (SSSR count). The van der Waals surface area contributed by atoms with Gasteiger partial charge in [0.1, 0.15) is 10.9 Å². The van der Waals surface area contributed by atoms with Crippen molar-refractivity contribution in [3.05, 3.63) is 64.1 Å². The number of hydrogen-bond donors (Lipinski definition) is 2. The Morgan fingerprint density at radius 1 is 1.07 bits per heavy atom. The van der Waals surface area contributed by atoms with Crippen LogP contribution in [0.25, 0.3) is 0 Å². The van der Waals surface area contributed by atoms with Crippen LogP contribution in [0.4, 0.5) is 0 Å². The number of amides is 1. The number of benzene rings is 2. The molecule has 5 nitrogen and oxygen atoms in total. The van der Waals surface area contributed by atoms with Crippen LogP contribution < -0.4 is 10.0 Å². The summed E-state index contributed by atoms with van der Waals surface area (Å²) in [5.41, 5.74) is 0.835. The van der Waals surface area contributed by atoms with E-state index >= 15 is 0 Å². The summed E-state index contributed by atoms with van der Waals surface area (Å²) in [6.07, 6.45) is 0.210. The van der Waals surface area contributed by atoms with Crippen LogP contribution in [-0.4, -0.2) is 26.9 Å². The molecule has 0 saturated heterocycles. The van der Waals surface area contributed by atoms with Crippen molar-refractivity contribution >= 4 is 39.1 Å². The number of halogens is 2. The largest absolute Gasteiger partial charge is 0.354 e. The van der Waals surface area contributed by atoms with Crippen molar-refractivity contribution < 1.29 is 13.2 Å². The van der Waals surface area contributed by atoms with E-state index < -0.39 is 22.0 Å². The topological polar surface area (TPSA) is 75.3 Å². The van der Waals surface area contributed by atoms with Gasteiger partial charge in [-0.05, 0) is 36.1 Å². The molecular formula is C19H22Cl2N2O3S. The molecule has 0 fully saturated rings. The molecule has 0 aliphatic heterocycles. The van der Waals surface area contributed by atoms with Crippen molar-refractivity contribution in [2.45, 2.75) is 31.2 Å². The van der Waals surface area contributed by atoms with E-state index in [1.165, 1.54) is 18.2 Å². The Kier molecular flexibility index (Phi) is 7.68. The predicted octanol–water partition coefficient (Wildman–Crippen LogP) is 3.66. The minimum atomic E-state index is -4.04. The summed E-state index contributed by atoms with van der Waals surface area (Å²) in [5, 5.41) is 3.05. The quantitative estimate of drug-likeness (QED) is 0.673. The van der Waals surface area contributed by atoms with E-state index in [0.717, 1.165) is 5.56 Å². The Labute approximate surface area is 170 Å². The molecular weight excluding hydrogens is 407 g/mol. The first-order chi connectivity index (χ1) is 12.7. The second kappa shape index (κ2) is 9.55. The number of hydrogen-bond acceptors (Lipinski definition) is 3. The SMILES string of the molecule is CC(C)CNC(=O)[C@@H](Cc1ccccc1)NS(=O)(=O)c1cc(Cl)ccc1Cl. The van der Waals surface area contributed by atoms with Gasteiger partial charge in [-0.3, -0.25) is 4.79 Å². The van der Waals surface area contributed by atoms with Crippen LogP contribution in [-0.2, 0) is 21.2 Å². The van der Waals surface area contributed by atoms with Crippen molar-refractivity contribution in [1.82, 2.24) is 10.0 Å². The van der Waals surface area contributed by atoms with Crippen molar-refractivity contribution in [3.63, 3.8) is 0 Å². The van der Waals surface area contributed by atoms with Crippen LogP contribution in [0.5, 0.6) is 0 Å². The van der Waals surface area contributed by atoms with Gasteiger partial charge in [-0.2, -0.15) is 4.72 Å². The van der Waals surface area contributed by atoms with Crippen molar-refractivity contribution in [3.8, 4) is 0 Å². The van der Waals surface area contributed by atoms with E-state index in [-0.39, 0.29) is 27.3 Å². The Bertz CT molecular complexity index is 887. The molecule has 0 spiro atoms. The summed E-state index contributed by atoms with van der Waals surface area (Å²) < 4.78 is 28.1. The van der Waals surface area contributed by atoms with Gasteiger partial charge in [-0.1, -0.05) is 67.4 Å². The molecule has 8 heteroatoms. The minimum absolute atomic E-state index is 0.0351. The van der Waals surface area contributed by atoms with Crippen LogP contribution >= 0.6 is 23.2 Å². The number of rotatable bonds is 8. The zero-order chi connectivity index (χ0) is 20.0. The highest BCUT2D eigenvalue weighted by Crippen LogP contribution is 2.25. The summed E-state index contributed by atoms with van der Waals surface area (Å²) in [5.74, 6) is -0.153. The highest BCUT2D eigenvalue weighted by atomic mass is 35.5. The zero-order valence-electron chi connectivity index (χ0n) is 15.1. The number of carbonyl (C=O) groups is 1. The van der Waals surface area contributed by atoms with E-state index in [1.54, 1.807) is 0 Å². The summed E-state index contributed by atoms with van der Waals surface area (Å²) in [4.78, 5) is 12.5. The summed E-state index contributed by atoms with van der Waals surface area (Å²) >= 11 is 11.9. The van der Waals surface area contributed by atoms with Crippen molar-refractivity contribution in [2.75, 3.05) is 6.54 Å². The highest BCUT2D eigenvalue weighted by molar-refractivity contribution is 7.89. The maximum absolute atomic E-state index is 12.8. The molecule has 146 valence electrons. The van der Waals surface area contributed by atoms with E-state index in [4.69, 9.17) is 23.2 Å². The summed E-state index contributed by atoms with van der Waals surface area (Å²) in [6, 6.07) is 12.4. The van der Waals surface area contributed by atoms with Gasteiger partial charge in [0.2, 0.25) is 15.9 Å². The zero-order valence-corrected chi connectivity index (χ0v) is 17.4. The van der Waals surface area contributed by atoms with E-state index in [0.29, 0.717) is 6.54 Å². The minimum Gasteiger partial charge on any atom is -0.354 e.